The third-order valence-electron chi connectivity index (χ3n) is 4.70. The molecule has 0 bridgehead atoms. The molecule has 1 saturated heterocycles. The molecule has 2 aliphatic rings. The fraction of sp³-hybridized carbons (Fsp3) is 0.733. The Labute approximate surface area is 135 Å². The van der Waals surface area contributed by atoms with Crippen LogP contribution in [0.3, 0.4) is 0 Å². The van der Waals surface area contributed by atoms with E-state index in [0.717, 1.165) is 51.4 Å². The summed E-state index contributed by atoms with van der Waals surface area (Å²) in [6, 6.07) is -0.225. The van der Waals surface area contributed by atoms with E-state index in [1.54, 1.807) is 0 Å². The van der Waals surface area contributed by atoms with Crippen molar-refractivity contribution in [1.82, 2.24) is 29.9 Å². The first-order valence-corrected chi connectivity index (χ1v) is 8.28. The number of nitrogens with one attached hydrogen (secondary N) is 1. The number of fused-ring (bicyclic) bond motifs is 1. The molecule has 3 rings (SSSR count). The number of likely N-dealkylation sites (N-methyl/N-ethyl adjacent to an activating group) is 1. The van der Waals surface area contributed by atoms with E-state index in [9.17, 15) is 9.59 Å². The lowest BCUT2D eigenvalue weighted by molar-refractivity contribution is -0.136. The van der Waals surface area contributed by atoms with Crippen molar-refractivity contribution in [2.24, 2.45) is 0 Å². The molecule has 0 saturated carbocycles. The van der Waals surface area contributed by atoms with E-state index in [2.05, 4.69) is 27.3 Å². The Hall–Kier alpha value is -1.96. The molecule has 3 heterocycles. The summed E-state index contributed by atoms with van der Waals surface area (Å²) in [7, 11) is 0. The molecule has 1 atom stereocenters. The summed E-state index contributed by atoms with van der Waals surface area (Å²) in [5, 5.41) is 11.0. The molecule has 0 aliphatic carbocycles. The van der Waals surface area contributed by atoms with Crippen molar-refractivity contribution >= 4 is 11.8 Å². The minimum Gasteiger partial charge on any atom is -0.349 e. The van der Waals surface area contributed by atoms with Gasteiger partial charge in [0.2, 0.25) is 11.8 Å². The molecule has 1 aromatic rings. The van der Waals surface area contributed by atoms with E-state index in [4.69, 9.17) is 0 Å². The van der Waals surface area contributed by atoms with Gasteiger partial charge in [-0.2, -0.15) is 0 Å². The predicted molar refractivity (Wildman–Crippen MR) is 83.6 cm³/mol. The van der Waals surface area contributed by atoms with Crippen molar-refractivity contribution in [1.29, 1.82) is 0 Å². The SMILES string of the molecule is CCN1CCN(C(=O)C2CCc3nnc(CNC(C)=O)n32)CC1. The molecule has 8 nitrogen and oxygen atoms in total. The molecule has 0 aromatic carbocycles. The molecule has 1 aromatic heterocycles. The number of hydrogen-bond acceptors (Lipinski definition) is 5. The number of piperazine rings is 1. The summed E-state index contributed by atoms with van der Waals surface area (Å²) in [5.74, 6) is 1.55. The smallest absolute Gasteiger partial charge is 0.245 e. The number of nitrogens with zero attached hydrogens (tertiary/aromatic N) is 5. The Morgan fingerprint density at radius 1 is 1.22 bits per heavy atom. The fourth-order valence-electron chi connectivity index (χ4n) is 3.34. The maximum absolute atomic E-state index is 12.9. The highest BCUT2D eigenvalue weighted by Crippen LogP contribution is 2.28. The zero-order valence-corrected chi connectivity index (χ0v) is 13.8. The van der Waals surface area contributed by atoms with Gasteiger partial charge in [0, 0.05) is 39.5 Å². The van der Waals surface area contributed by atoms with Gasteiger partial charge >= 0.3 is 0 Å². The topological polar surface area (TPSA) is 83.4 Å². The zero-order chi connectivity index (χ0) is 16.4. The van der Waals surface area contributed by atoms with Crippen LogP contribution in [0.4, 0.5) is 0 Å². The molecule has 2 amide bonds. The predicted octanol–water partition coefficient (Wildman–Crippen LogP) is -0.434. The molecule has 1 N–H and O–H groups in total. The third kappa shape index (κ3) is 3.21. The summed E-state index contributed by atoms with van der Waals surface area (Å²) >= 11 is 0. The molecule has 8 heteroatoms. The molecule has 0 spiro atoms. The van der Waals surface area contributed by atoms with Gasteiger partial charge in [0.1, 0.15) is 11.9 Å². The van der Waals surface area contributed by atoms with Crippen molar-refractivity contribution in [2.45, 2.75) is 39.3 Å². The molecule has 126 valence electrons. The Bertz CT molecular complexity index is 591. The molecular formula is C15H24N6O2. The first kappa shape index (κ1) is 15.9. The standard InChI is InChI=1S/C15H24N6O2/c1-3-19-6-8-20(9-7-19)15(23)12-4-5-13-17-18-14(21(12)13)10-16-11(2)22/h12H,3-10H2,1-2H3,(H,16,22). The monoisotopic (exact) mass is 320 g/mol. The van der Waals surface area contributed by atoms with Crippen LogP contribution < -0.4 is 5.32 Å². The summed E-state index contributed by atoms with van der Waals surface area (Å²) in [6.07, 6.45) is 1.53. The van der Waals surface area contributed by atoms with E-state index in [-0.39, 0.29) is 17.9 Å². The first-order chi connectivity index (χ1) is 11.1. The van der Waals surface area contributed by atoms with Gasteiger partial charge in [0.25, 0.3) is 0 Å². The largest absolute Gasteiger partial charge is 0.349 e. The van der Waals surface area contributed by atoms with E-state index in [1.165, 1.54) is 6.92 Å². The van der Waals surface area contributed by atoms with Crippen LogP contribution >= 0.6 is 0 Å². The Balaban J connectivity index is 1.70. The van der Waals surface area contributed by atoms with Gasteiger partial charge in [0.15, 0.2) is 5.82 Å². The molecule has 23 heavy (non-hydrogen) atoms. The minimum absolute atomic E-state index is 0.112. The van der Waals surface area contributed by atoms with E-state index >= 15 is 0 Å². The van der Waals surface area contributed by atoms with Gasteiger partial charge < -0.3 is 19.7 Å². The number of aryl methyl sites for hydroxylation is 1. The zero-order valence-electron chi connectivity index (χ0n) is 13.8. The number of hydrogen-bond donors (Lipinski definition) is 1. The molecule has 1 unspecified atom stereocenters. The van der Waals surface area contributed by atoms with Crippen molar-refractivity contribution < 1.29 is 9.59 Å². The van der Waals surface area contributed by atoms with E-state index in [0.29, 0.717) is 12.4 Å². The Morgan fingerprint density at radius 3 is 2.61 bits per heavy atom. The van der Waals surface area contributed by atoms with Gasteiger partial charge in [-0.15, -0.1) is 10.2 Å². The quantitative estimate of drug-likeness (QED) is 0.813. The van der Waals surface area contributed by atoms with Crippen LogP contribution in [0.5, 0.6) is 0 Å². The van der Waals surface area contributed by atoms with Crippen LogP contribution in [0.1, 0.15) is 38.0 Å². The molecular weight excluding hydrogens is 296 g/mol. The normalized spacial score (nSPS) is 21.3. The maximum Gasteiger partial charge on any atom is 0.245 e. The van der Waals surface area contributed by atoms with E-state index in [1.807, 2.05) is 9.47 Å². The lowest BCUT2D eigenvalue weighted by Crippen LogP contribution is -2.50. The van der Waals surface area contributed by atoms with Crippen LogP contribution in [-0.2, 0) is 22.6 Å². The molecule has 2 aliphatic heterocycles. The number of amides is 2. The van der Waals surface area contributed by atoms with Crippen molar-refractivity contribution in [3.63, 3.8) is 0 Å². The second kappa shape index (κ2) is 6.66. The average Bonchev–Trinajstić information content (AvgIpc) is 3.14. The van der Waals surface area contributed by atoms with Crippen LogP contribution in [0.25, 0.3) is 0 Å². The fourth-order valence-corrected chi connectivity index (χ4v) is 3.34. The highest BCUT2D eigenvalue weighted by atomic mass is 16.2. The number of carbonyl (C=O) groups excluding carboxylic acids is 2. The van der Waals surface area contributed by atoms with Gasteiger partial charge in [-0.05, 0) is 13.0 Å². The number of carbonyl (C=O) groups is 2. The van der Waals surface area contributed by atoms with Crippen molar-refractivity contribution in [2.75, 3.05) is 32.7 Å². The average molecular weight is 320 g/mol. The highest BCUT2D eigenvalue weighted by Gasteiger charge is 2.35. The second-order valence-electron chi connectivity index (χ2n) is 6.13. The lowest BCUT2D eigenvalue weighted by Gasteiger charge is -2.35. The van der Waals surface area contributed by atoms with Gasteiger partial charge in [-0.25, -0.2) is 0 Å². The lowest BCUT2D eigenvalue weighted by atomic mass is 10.1. The third-order valence-corrected chi connectivity index (χ3v) is 4.70. The minimum atomic E-state index is -0.225. The van der Waals surface area contributed by atoms with Gasteiger partial charge in [-0.3, -0.25) is 9.59 Å². The maximum atomic E-state index is 12.9. The highest BCUT2D eigenvalue weighted by molar-refractivity contribution is 5.81. The van der Waals surface area contributed by atoms with Crippen LogP contribution in [0.2, 0.25) is 0 Å². The van der Waals surface area contributed by atoms with Crippen molar-refractivity contribution in [3.05, 3.63) is 11.6 Å². The summed E-state index contributed by atoms with van der Waals surface area (Å²) in [5.41, 5.74) is 0. The molecule has 1 fully saturated rings. The van der Waals surface area contributed by atoms with Gasteiger partial charge in [0.05, 0.1) is 6.54 Å². The Morgan fingerprint density at radius 2 is 1.96 bits per heavy atom. The Kier molecular flexibility index (Phi) is 4.61. The van der Waals surface area contributed by atoms with Crippen LogP contribution in [-0.4, -0.2) is 69.1 Å². The van der Waals surface area contributed by atoms with E-state index < -0.39 is 0 Å². The summed E-state index contributed by atoms with van der Waals surface area (Å²) < 4.78 is 1.92. The summed E-state index contributed by atoms with van der Waals surface area (Å²) in [6.45, 7) is 8.38. The molecule has 0 radical (unpaired) electrons. The summed E-state index contributed by atoms with van der Waals surface area (Å²) in [4.78, 5) is 28.3. The number of rotatable bonds is 4. The van der Waals surface area contributed by atoms with Crippen LogP contribution in [0.15, 0.2) is 0 Å². The number of aromatic nitrogens is 3. The second-order valence-corrected chi connectivity index (χ2v) is 6.13. The van der Waals surface area contributed by atoms with Crippen molar-refractivity contribution in [3.8, 4) is 0 Å². The van der Waals surface area contributed by atoms with Gasteiger partial charge in [-0.1, -0.05) is 6.92 Å². The van der Waals surface area contributed by atoms with Crippen LogP contribution in [0, 0.1) is 0 Å². The first-order valence-electron chi connectivity index (χ1n) is 8.28.